The Hall–Kier alpha value is -1.02. The molecule has 0 aliphatic carbocycles. The summed E-state index contributed by atoms with van der Waals surface area (Å²) in [6, 6.07) is 5.76. The fourth-order valence-corrected chi connectivity index (χ4v) is 4.13. The average Bonchev–Trinajstić information content (AvgIpc) is 2.37. The van der Waals surface area contributed by atoms with Gasteiger partial charge in [0.05, 0.1) is 11.6 Å². The molecular formula is C12H9BrCl2N2O3S. The minimum absolute atomic E-state index is 0.0978. The van der Waals surface area contributed by atoms with Crippen molar-refractivity contribution < 1.29 is 13.2 Å². The molecule has 0 aliphatic heterocycles. The largest absolute Gasteiger partial charge is 0.494 e. The molecule has 0 radical (unpaired) electrons. The molecule has 0 unspecified atom stereocenters. The van der Waals surface area contributed by atoms with Crippen LogP contribution in [-0.4, -0.2) is 20.5 Å². The summed E-state index contributed by atoms with van der Waals surface area (Å²) in [5, 5.41) is 0.615. The summed E-state index contributed by atoms with van der Waals surface area (Å²) in [6.45, 7) is 0. The number of methoxy groups -OCH3 is 1. The highest BCUT2D eigenvalue weighted by atomic mass is 79.9. The van der Waals surface area contributed by atoms with Gasteiger partial charge in [0.2, 0.25) is 0 Å². The van der Waals surface area contributed by atoms with Crippen LogP contribution < -0.4 is 9.46 Å². The van der Waals surface area contributed by atoms with E-state index in [1.165, 1.54) is 37.6 Å². The molecule has 0 aliphatic rings. The number of halogens is 3. The zero-order valence-corrected chi connectivity index (χ0v) is 14.5. The summed E-state index contributed by atoms with van der Waals surface area (Å²) in [6.07, 6.45) is 1.39. The van der Waals surface area contributed by atoms with Crippen LogP contribution in [-0.2, 0) is 10.0 Å². The Morgan fingerprint density at radius 2 is 1.95 bits per heavy atom. The molecule has 9 heteroatoms. The molecule has 0 saturated heterocycles. The number of pyridine rings is 1. The van der Waals surface area contributed by atoms with Crippen LogP contribution in [0, 0.1) is 0 Å². The Balaban J connectivity index is 2.49. The molecule has 0 fully saturated rings. The van der Waals surface area contributed by atoms with Crippen molar-refractivity contribution in [3.8, 4) is 5.75 Å². The molecule has 1 N–H and O–H groups in total. The van der Waals surface area contributed by atoms with Crippen LogP contribution in [0.3, 0.4) is 0 Å². The minimum Gasteiger partial charge on any atom is -0.494 e. The van der Waals surface area contributed by atoms with Crippen molar-refractivity contribution in [3.63, 3.8) is 0 Å². The van der Waals surface area contributed by atoms with Crippen molar-refractivity contribution in [1.29, 1.82) is 0 Å². The number of sulfonamides is 1. The first-order chi connectivity index (χ1) is 9.83. The van der Waals surface area contributed by atoms with E-state index in [2.05, 4.69) is 25.6 Å². The van der Waals surface area contributed by atoms with Gasteiger partial charge in [-0.3, -0.25) is 4.72 Å². The minimum atomic E-state index is -3.93. The smallest absolute Gasteiger partial charge is 0.266 e. The molecule has 1 aromatic heterocycles. The van der Waals surface area contributed by atoms with Crippen LogP contribution in [0.2, 0.25) is 10.0 Å². The van der Waals surface area contributed by atoms with E-state index < -0.39 is 10.0 Å². The van der Waals surface area contributed by atoms with E-state index in [1.54, 1.807) is 0 Å². The van der Waals surface area contributed by atoms with Gasteiger partial charge in [0.25, 0.3) is 10.0 Å². The molecule has 2 rings (SSSR count). The molecule has 2 aromatic rings. The van der Waals surface area contributed by atoms with E-state index in [-0.39, 0.29) is 21.5 Å². The third-order valence-electron chi connectivity index (χ3n) is 2.43. The topological polar surface area (TPSA) is 68.3 Å². The van der Waals surface area contributed by atoms with Crippen LogP contribution in [0.15, 0.2) is 39.8 Å². The highest BCUT2D eigenvalue weighted by Crippen LogP contribution is 2.36. The van der Waals surface area contributed by atoms with E-state index >= 15 is 0 Å². The average molecular weight is 412 g/mol. The molecule has 5 nitrogen and oxygen atoms in total. The molecule has 1 heterocycles. The number of nitrogens with one attached hydrogen (secondary N) is 1. The third-order valence-corrected chi connectivity index (χ3v) is 4.83. The van der Waals surface area contributed by atoms with Crippen LogP contribution >= 0.6 is 39.1 Å². The predicted octanol–water partition coefficient (Wildman–Crippen LogP) is 3.96. The van der Waals surface area contributed by atoms with Gasteiger partial charge >= 0.3 is 0 Å². The number of hydrogen-bond donors (Lipinski definition) is 1. The summed E-state index contributed by atoms with van der Waals surface area (Å²) >= 11 is 14.9. The molecule has 0 atom stereocenters. The molecule has 1 aromatic carbocycles. The first-order valence-corrected chi connectivity index (χ1v) is 8.54. The monoisotopic (exact) mass is 410 g/mol. The van der Waals surface area contributed by atoms with Crippen molar-refractivity contribution in [2.24, 2.45) is 0 Å². The number of nitrogens with zero attached hydrogens (tertiary/aromatic N) is 1. The first-order valence-electron chi connectivity index (χ1n) is 5.51. The van der Waals surface area contributed by atoms with E-state index in [9.17, 15) is 8.42 Å². The molecular weight excluding hydrogens is 403 g/mol. The van der Waals surface area contributed by atoms with Crippen LogP contribution in [0.4, 0.5) is 5.82 Å². The number of benzene rings is 1. The van der Waals surface area contributed by atoms with Gasteiger partial charge in [-0.25, -0.2) is 13.4 Å². The van der Waals surface area contributed by atoms with E-state index in [1.807, 2.05) is 0 Å². The fourth-order valence-electron chi connectivity index (χ4n) is 1.59. The first kappa shape index (κ1) is 16.4. The van der Waals surface area contributed by atoms with Crippen molar-refractivity contribution >= 4 is 55.0 Å². The highest BCUT2D eigenvalue weighted by molar-refractivity contribution is 9.10. The maximum Gasteiger partial charge on any atom is 0.266 e. The molecule has 0 spiro atoms. The Morgan fingerprint density at radius 1 is 1.24 bits per heavy atom. The third kappa shape index (κ3) is 3.79. The lowest BCUT2D eigenvalue weighted by Gasteiger charge is -2.13. The van der Waals surface area contributed by atoms with Gasteiger partial charge in [0.15, 0.2) is 5.75 Å². The van der Waals surface area contributed by atoms with Crippen molar-refractivity contribution in [2.75, 3.05) is 11.8 Å². The second-order valence-corrected chi connectivity index (χ2v) is 7.26. The quantitative estimate of drug-likeness (QED) is 0.826. The maximum absolute atomic E-state index is 12.4. The number of anilines is 1. The number of aromatic nitrogens is 1. The fraction of sp³-hybridized carbons (Fsp3) is 0.0833. The normalized spacial score (nSPS) is 11.2. The molecule has 112 valence electrons. The molecule has 21 heavy (non-hydrogen) atoms. The summed E-state index contributed by atoms with van der Waals surface area (Å²) in [4.78, 5) is 3.78. The van der Waals surface area contributed by atoms with Crippen molar-refractivity contribution in [3.05, 3.63) is 45.0 Å². The number of ether oxygens (including phenoxy) is 1. The van der Waals surface area contributed by atoms with Gasteiger partial charge < -0.3 is 4.74 Å². The Labute approximate surface area is 140 Å². The zero-order chi connectivity index (χ0) is 15.6. The second kappa shape index (κ2) is 6.39. The number of hydrogen-bond acceptors (Lipinski definition) is 4. The summed E-state index contributed by atoms with van der Waals surface area (Å²) < 4.78 is 32.7. The highest BCUT2D eigenvalue weighted by Gasteiger charge is 2.23. The van der Waals surface area contributed by atoms with Crippen LogP contribution in [0.5, 0.6) is 5.75 Å². The zero-order valence-electron chi connectivity index (χ0n) is 10.6. The predicted molar refractivity (Wildman–Crippen MR) is 85.8 cm³/mol. The molecule has 0 saturated carbocycles. The Bertz CT molecular complexity index is 784. The second-order valence-electron chi connectivity index (χ2n) is 3.88. The van der Waals surface area contributed by atoms with Gasteiger partial charge in [-0.05, 0) is 34.1 Å². The lowest BCUT2D eigenvalue weighted by molar-refractivity contribution is 0.400. The van der Waals surface area contributed by atoms with E-state index in [0.29, 0.717) is 9.50 Å². The van der Waals surface area contributed by atoms with Crippen molar-refractivity contribution in [2.45, 2.75) is 4.90 Å². The lowest BCUT2D eigenvalue weighted by Crippen LogP contribution is -2.15. The van der Waals surface area contributed by atoms with Gasteiger partial charge in [0, 0.05) is 22.3 Å². The Kier molecular flexibility index (Phi) is 4.98. The van der Waals surface area contributed by atoms with E-state index in [4.69, 9.17) is 27.9 Å². The molecule has 0 amide bonds. The number of rotatable bonds is 4. The van der Waals surface area contributed by atoms with Gasteiger partial charge in [-0.15, -0.1) is 0 Å². The standard InChI is InChI=1S/C12H9BrCl2N2O3S/c1-20-12-9(13)4-8(15)5-10(12)21(18,19)17-11-6-7(14)2-3-16-11/h2-6H,1H3,(H,16,17). The maximum atomic E-state index is 12.4. The van der Waals surface area contributed by atoms with E-state index in [0.717, 1.165) is 0 Å². The van der Waals surface area contributed by atoms with Crippen LogP contribution in [0.1, 0.15) is 0 Å². The molecule has 0 bridgehead atoms. The summed E-state index contributed by atoms with van der Waals surface area (Å²) in [5.41, 5.74) is 0. The summed E-state index contributed by atoms with van der Waals surface area (Å²) in [7, 11) is -2.56. The SMILES string of the molecule is COc1c(Br)cc(Cl)cc1S(=O)(=O)Nc1cc(Cl)ccn1. The van der Waals surface area contributed by atoms with Gasteiger partial charge in [0.1, 0.15) is 10.7 Å². The van der Waals surface area contributed by atoms with Crippen molar-refractivity contribution in [1.82, 2.24) is 4.98 Å². The lowest BCUT2D eigenvalue weighted by atomic mass is 10.3. The summed E-state index contributed by atoms with van der Waals surface area (Å²) in [5.74, 6) is 0.245. The van der Waals surface area contributed by atoms with Gasteiger partial charge in [-0.2, -0.15) is 0 Å². The van der Waals surface area contributed by atoms with Crippen LogP contribution in [0.25, 0.3) is 0 Å². The Morgan fingerprint density at radius 3 is 2.57 bits per heavy atom. The van der Waals surface area contributed by atoms with Gasteiger partial charge in [-0.1, -0.05) is 23.2 Å².